The molecule has 1 aliphatic carbocycles. The normalized spacial score (nSPS) is 24.5. The molecule has 0 bridgehead atoms. The number of Topliss-reactive ketones (excluding diaryl/α,β-unsaturated/α-hetero) is 1. The van der Waals surface area contributed by atoms with Crippen LogP contribution < -0.4 is 0 Å². The largest absolute Gasteiger partial charge is 0.512 e. The van der Waals surface area contributed by atoms with Gasteiger partial charge in [0.25, 0.3) is 0 Å². The molecule has 126 valence electrons. The smallest absolute Gasteiger partial charge is 0.164 e. The fourth-order valence-electron chi connectivity index (χ4n) is 4.34. The number of aromatic nitrogens is 1. The van der Waals surface area contributed by atoms with E-state index >= 15 is 0 Å². The van der Waals surface area contributed by atoms with E-state index in [0.717, 1.165) is 24.2 Å². The molecule has 2 aliphatic rings. The van der Waals surface area contributed by atoms with Crippen molar-refractivity contribution in [3.05, 3.63) is 46.9 Å². The van der Waals surface area contributed by atoms with Gasteiger partial charge in [0.2, 0.25) is 0 Å². The lowest BCUT2D eigenvalue weighted by molar-refractivity contribution is -0.119. The molecule has 1 atom stereocenters. The summed E-state index contributed by atoms with van der Waals surface area (Å²) < 4.78 is 0. The lowest BCUT2D eigenvalue weighted by Crippen LogP contribution is -2.38. The maximum absolute atomic E-state index is 12.8. The quantitative estimate of drug-likeness (QED) is 0.836. The van der Waals surface area contributed by atoms with Crippen LogP contribution in [0.4, 0.5) is 0 Å². The summed E-state index contributed by atoms with van der Waals surface area (Å²) in [6.45, 7) is 4.96. The topological polar surface area (TPSA) is 56.3 Å². The van der Waals surface area contributed by atoms with Crippen molar-refractivity contribution < 1.29 is 9.90 Å². The van der Waals surface area contributed by atoms with E-state index in [2.05, 4.69) is 28.1 Å². The zero-order valence-corrected chi connectivity index (χ0v) is 14.5. The van der Waals surface area contributed by atoms with Gasteiger partial charge in [-0.3, -0.25) is 9.69 Å². The third-order valence-corrected chi connectivity index (χ3v) is 5.45. The van der Waals surface area contributed by atoms with Crippen LogP contribution in [0, 0.1) is 5.41 Å². The van der Waals surface area contributed by atoms with E-state index in [1.807, 2.05) is 27.0 Å². The molecule has 1 aromatic carbocycles. The van der Waals surface area contributed by atoms with Gasteiger partial charge in [-0.15, -0.1) is 0 Å². The molecule has 2 heterocycles. The van der Waals surface area contributed by atoms with Gasteiger partial charge < -0.3 is 10.1 Å². The highest BCUT2D eigenvalue weighted by atomic mass is 16.3. The van der Waals surface area contributed by atoms with E-state index in [0.29, 0.717) is 18.4 Å². The minimum Gasteiger partial charge on any atom is -0.512 e. The number of nitrogens with zero attached hydrogens (tertiary/aromatic N) is 1. The fourth-order valence-corrected chi connectivity index (χ4v) is 4.34. The number of benzene rings is 1. The van der Waals surface area contributed by atoms with Crippen molar-refractivity contribution in [2.75, 3.05) is 13.6 Å². The van der Waals surface area contributed by atoms with E-state index in [-0.39, 0.29) is 23.0 Å². The fraction of sp³-hybridized carbons (Fsp3) is 0.450. The highest BCUT2D eigenvalue weighted by Crippen LogP contribution is 2.44. The molecule has 0 fully saturated rings. The van der Waals surface area contributed by atoms with Gasteiger partial charge in [0.15, 0.2) is 5.78 Å². The second kappa shape index (κ2) is 5.21. The Balaban J connectivity index is 1.89. The Bertz CT molecular complexity index is 860. The molecule has 2 N–H and O–H groups in total. The van der Waals surface area contributed by atoms with Crippen LogP contribution in [0.25, 0.3) is 10.9 Å². The lowest BCUT2D eigenvalue weighted by atomic mass is 9.74. The Labute approximate surface area is 142 Å². The summed E-state index contributed by atoms with van der Waals surface area (Å²) in [5, 5.41) is 11.9. The predicted molar refractivity (Wildman–Crippen MR) is 95.1 cm³/mol. The summed E-state index contributed by atoms with van der Waals surface area (Å²) >= 11 is 0. The van der Waals surface area contributed by atoms with Gasteiger partial charge in [-0.05, 0) is 30.5 Å². The minimum absolute atomic E-state index is 0.0760. The average Bonchev–Trinajstić information content (AvgIpc) is 2.86. The van der Waals surface area contributed by atoms with Crippen molar-refractivity contribution in [1.82, 2.24) is 9.88 Å². The van der Waals surface area contributed by atoms with Gasteiger partial charge >= 0.3 is 0 Å². The first-order chi connectivity index (χ1) is 11.4. The molecule has 1 aromatic heterocycles. The summed E-state index contributed by atoms with van der Waals surface area (Å²) in [5.41, 5.74) is 3.88. The first-order valence-electron chi connectivity index (χ1n) is 8.62. The molecule has 4 nitrogen and oxygen atoms in total. The zero-order valence-electron chi connectivity index (χ0n) is 14.5. The van der Waals surface area contributed by atoms with Crippen molar-refractivity contribution >= 4 is 16.7 Å². The molecule has 0 saturated heterocycles. The molecule has 0 amide bonds. The molecular formula is C20H24N2O2. The van der Waals surface area contributed by atoms with Crippen molar-refractivity contribution in [1.29, 1.82) is 0 Å². The molecule has 2 aromatic rings. The first-order valence-corrected chi connectivity index (χ1v) is 8.62. The molecule has 0 radical (unpaired) electrons. The van der Waals surface area contributed by atoms with Crippen LogP contribution in [0.2, 0.25) is 0 Å². The average molecular weight is 324 g/mol. The second-order valence-corrected chi connectivity index (χ2v) is 8.00. The maximum Gasteiger partial charge on any atom is 0.164 e. The highest BCUT2D eigenvalue weighted by molar-refractivity contribution is 5.99. The van der Waals surface area contributed by atoms with Gasteiger partial charge in [-0.1, -0.05) is 32.0 Å². The number of rotatable bonds is 1. The lowest BCUT2D eigenvalue weighted by Gasteiger charge is -2.38. The number of ketones is 1. The maximum atomic E-state index is 12.8. The Kier molecular flexibility index (Phi) is 3.36. The molecule has 24 heavy (non-hydrogen) atoms. The molecule has 4 heteroatoms. The first kappa shape index (κ1) is 15.5. The van der Waals surface area contributed by atoms with Crippen molar-refractivity contribution in [2.24, 2.45) is 5.41 Å². The summed E-state index contributed by atoms with van der Waals surface area (Å²) in [5.74, 6) is 0.340. The van der Waals surface area contributed by atoms with Crippen LogP contribution in [-0.2, 0) is 11.2 Å². The summed E-state index contributed by atoms with van der Waals surface area (Å²) in [7, 11) is 2.03. The minimum atomic E-state index is -0.176. The molecule has 1 unspecified atom stereocenters. The monoisotopic (exact) mass is 324 g/mol. The van der Waals surface area contributed by atoms with Crippen LogP contribution >= 0.6 is 0 Å². The number of para-hydroxylation sites is 1. The molecule has 1 aliphatic heterocycles. The zero-order chi connectivity index (χ0) is 17.1. The van der Waals surface area contributed by atoms with Gasteiger partial charge in [0.1, 0.15) is 5.76 Å². The van der Waals surface area contributed by atoms with E-state index < -0.39 is 0 Å². The third-order valence-electron chi connectivity index (χ3n) is 5.45. The molecular weight excluding hydrogens is 300 g/mol. The summed E-state index contributed by atoms with van der Waals surface area (Å²) in [6.07, 6.45) is 2.01. The van der Waals surface area contributed by atoms with Crippen LogP contribution in [0.15, 0.2) is 35.6 Å². The predicted octanol–water partition coefficient (Wildman–Crippen LogP) is 3.90. The number of carbonyl (C=O) groups excluding carboxylic acids is 1. The van der Waals surface area contributed by atoms with Crippen molar-refractivity contribution in [3.8, 4) is 0 Å². The van der Waals surface area contributed by atoms with E-state index in [9.17, 15) is 9.90 Å². The van der Waals surface area contributed by atoms with Crippen LogP contribution in [0.3, 0.4) is 0 Å². The SMILES string of the molecule is CN1CCc2c([nH]c3ccccc23)C1C1=C(O)CC(C)(C)CC1=O. The number of aliphatic hydroxyl groups excluding tert-OH is 1. The van der Waals surface area contributed by atoms with Crippen LogP contribution in [0.5, 0.6) is 0 Å². The van der Waals surface area contributed by atoms with E-state index in [1.165, 1.54) is 10.9 Å². The molecule has 4 rings (SSSR count). The van der Waals surface area contributed by atoms with Crippen molar-refractivity contribution in [3.63, 3.8) is 0 Å². The number of fused-ring (bicyclic) bond motifs is 3. The number of hydrogen-bond acceptors (Lipinski definition) is 3. The Hall–Kier alpha value is -2.07. The number of hydrogen-bond donors (Lipinski definition) is 2. The van der Waals surface area contributed by atoms with Gasteiger partial charge in [-0.25, -0.2) is 0 Å². The number of aliphatic hydroxyl groups is 1. The Morgan fingerprint density at radius 1 is 1.25 bits per heavy atom. The molecule has 0 spiro atoms. The number of carbonyl (C=O) groups is 1. The number of likely N-dealkylation sites (N-methyl/N-ethyl adjacent to an activating group) is 1. The van der Waals surface area contributed by atoms with Crippen LogP contribution in [0.1, 0.15) is 44.0 Å². The number of aromatic amines is 1. The summed E-state index contributed by atoms with van der Waals surface area (Å²) in [4.78, 5) is 18.5. The van der Waals surface area contributed by atoms with Crippen LogP contribution in [-0.4, -0.2) is 34.4 Å². The number of H-pyrrole nitrogens is 1. The van der Waals surface area contributed by atoms with Gasteiger partial charge in [0.05, 0.1) is 11.6 Å². The third kappa shape index (κ3) is 2.28. The highest BCUT2D eigenvalue weighted by Gasteiger charge is 2.41. The number of nitrogens with one attached hydrogen (secondary N) is 1. The Morgan fingerprint density at radius 3 is 2.75 bits per heavy atom. The number of allylic oxidation sites excluding steroid dienone is 1. The molecule has 0 saturated carbocycles. The standard InChI is InChI=1S/C20H24N2O2/c1-20(2)10-15(23)17(16(24)11-20)19-18-13(8-9-22(19)3)12-6-4-5-7-14(12)21-18/h4-7,19,21,23H,8-11H2,1-3H3. The van der Waals surface area contributed by atoms with E-state index in [1.54, 1.807) is 0 Å². The van der Waals surface area contributed by atoms with Gasteiger partial charge in [-0.2, -0.15) is 0 Å². The van der Waals surface area contributed by atoms with E-state index in [4.69, 9.17) is 0 Å². The second-order valence-electron chi connectivity index (χ2n) is 8.00. The van der Waals surface area contributed by atoms with Gasteiger partial charge in [0, 0.05) is 36.0 Å². The summed E-state index contributed by atoms with van der Waals surface area (Å²) in [6, 6.07) is 8.10. The van der Waals surface area contributed by atoms with Crippen molar-refractivity contribution in [2.45, 2.75) is 39.2 Å². The Morgan fingerprint density at radius 2 is 2.00 bits per heavy atom.